The summed E-state index contributed by atoms with van der Waals surface area (Å²) in [5.74, 6) is 0.836. The molecule has 1 aromatic heterocycles. The number of rotatable bonds is 4. The Balaban J connectivity index is 2.08. The van der Waals surface area contributed by atoms with E-state index in [-0.39, 0.29) is 18.5 Å². The fourth-order valence-corrected chi connectivity index (χ4v) is 2.91. The number of amides is 1. The number of piperidine rings is 1. The van der Waals surface area contributed by atoms with Crippen LogP contribution >= 0.6 is 0 Å². The van der Waals surface area contributed by atoms with E-state index in [4.69, 9.17) is 4.42 Å². The highest BCUT2D eigenvalue weighted by molar-refractivity contribution is 7.88. The molecule has 6 nitrogen and oxygen atoms in total. The lowest BCUT2D eigenvalue weighted by Gasteiger charge is -2.35. The lowest BCUT2D eigenvalue weighted by atomic mass is 10.0. The molecule has 20 heavy (non-hydrogen) atoms. The lowest BCUT2D eigenvalue weighted by molar-refractivity contribution is 0.0585. The molecule has 0 radical (unpaired) electrons. The summed E-state index contributed by atoms with van der Waals surface area (Å²) in [7, 11) is -3.24. The van der Waals surface area contributed by atoms with E-state index >= 15 is 0 Å². The van der Waals surface area contributed by atoms with E-state index < -0.39 is 10.0 Å². The molecule has 1 saturated heterocycles. The van der Waals surface area contributed by atoms with Crippen LogP contribution in [0.2, 0.25) is 0 Å². The Morgan fingerprint density at radius 1 is 1.45 bits per heavy atom. The van der Waals surface area contributed by atoms with Gasteiger partial charge >= 0.3 is 0 Å². The molecule has 1 atom stereocenters. The first-order valence-electron chi connectivity index (χ1n) is 6.69. The number of sulfonamides is 1. The summed E-state index contributed by atoms with van der Waals surface area (Å²) in [6, 6.07) is 3.30. The number of carbonyl (C=O) groups is 1. The van der Waals surface area contributed by atoms with E-state index in [1.165, 1.54) is 0 Å². The monoisotopic (exact) mass is 300 g/mol. The van der Waals surface area contributed by atoms with E-state index in [0.717, 1.165) is 25.5 Å². The first-order chi connectivity index (χ1) is 9.37. The highest BCUT2D eigenvalue weighted by atomic mass is 32.2. The molecule has 1 aromatic rings. The smallest absolute Gasteiger partial charge is 0.289 e. The maximum atomic E-state index is 12.4. The summed E-state index contributed by atoms with van der Waals surface area (Å²) >= 11 is 0. The van der Waals surface area contributed by atoms with Crippen molar-refractivity contribution in [2.45, 2.75) is 32.2 Å². The van der Waals surface area contributed by atoms with Crippen molar-refractivity contribution in [2.75, 3.05) is 19.3 Å². The topological polar surface area (TPSA) is 79.6 Å². The first-order valence-corrected chi connectivity index (χ1v) is 8.58. The summed E-state index contributed by atoms with van der Waals surface area (Å²) in [6.07, 6.45) is 3.85. The molecule has 112 valence electrons. The summed E-state index contributed by atoms with van der Waals surface area (Å²) in [6.45, 7) is 2.68. The minimum Gasteiger partial charge on any atom is -0.456 e. The number of hydrogen-bond acceptors (Lipinski definition) is 4. The zero-order valence-electron chi connectivity index (χ0n) is 11.8. The summed E-state index contributed by atoms with van der Waals surface area (Å²) in [4.78, 5) is 14.1. The van der Waals surface area contributed by atoms with Crippen LogP contribution < -0.4 is 4.72 Å². The number of nitrogens with zero attached hydrogens (tertiary/aromatic N) is 1. The third kappa shape index (κ3) is 3.83. The molecule has 0 aliphatic carbocycles. The minimum atomic E-state index is -3.24. The van der Waals surface area contributed by atoms with Crippen molar-refractivity contribution in [1.82, 2.24) is 9.62 Å². The van der Waals surface area contributed by atoms with Crippen LogP contribution in [0.5, 0.6) is 0 Å². The molecule has 1 N–H and O–H groups in total. The Morgan fingerprint density at radius 3 is 2.80 bits per heavy atom. The van der Waals surface area contributed by atoms with Crippen molar-refractivity contribution in [2.24, 2.45) is 0 Å². The third-order valence-electron chi connectivity index (χ3n) is 3.42. The summed E-state index contributed by atoms with van der Waals surface area (Å²) in [5, 5.41) is 0. The molecule has 2 heterocycles. The van der Waals surface area contributed by atoms with Gasteiger partial charge in [0.2, 0.25) is 10.0 Å². The van der Waals surface area contributed by atoms with Crippen molar-refractivity contribution in [1.29, 1.82) is 0 Å². The van der Waals surface area contributed by atoms with Crippen LogP contribution in [0.15, 0.2) is 16.5 Å². The van der Waals surface area contributed by atoms with Crippen LogP contribution in [0, 0.1) is 6.92 Å². The third-order valence-corrected chi connectivity index (χ3v) is 4.11. The van der Waals surface area contributed by atoms with Crippen LogP contribution in [0.1, 0.15) is 35.6 Å². The van der Waals surface area contributed by atoms with Crippen molar-refractivity contribution in [3.63, 3.8) is 0 Å². The number of aryl methyl sites for hydroxylation is 1. The molecule has 1 fully saturated rings. The largest absolute Gasteiger partial charge is 0.456 e. The zero-order valence-corrected chi connectivity index (χ0v) is 12.6. The maximum absolute atomic E-state index is 12.4. The molecular weight excluding hydrogens is 280 g/mol. The molecule has 1 aliphatic rings. The second kappa shape index (κ2) is 5.97. The average molecular weight is 300 g/mol. The second-order valence-corrected chi connectivity index (χ2v) is 7.01. The SMILES string of the molecule is Cc1ccc(C(=O)N2CCCC[C@@H]2CNS(C)(=O)=O)o1. The molecule has 0 bridgehead atoms. The van der Waals surface area contributed by atoms with Gasteiger partial charge in [-0.3, -0.25) is 4.79 Å². The average Bonchev–Trinajstić information content (AvgIpc) is 2.82. The van der Waals surface area contributed by atoms with Crippen LogP contribution in [0.3, 0.4) is 0 Å². The highest BCUT2D eigenvalue weighted by Crippen LogP contribution is 2.20. The van der Waals surface area contributed by atoms with Crippen LogP contribution in [0.4, 0.5) is 0 Å². The molecular formula is C13H20N2O4S. The molecule has 0 unspecified atom stereocenters. The van der Waals surface area contributed by atoms with Gasteiger partial charge in [-0.25, -0.2) is 13.1 Å². The van der Waals surface area contributed by atoms with Gasteiger partial charge < -0.3 is 9.32 Å². The van der Waals surface area contributed by atoms with E-state index in [9.17, 15) is 13.2 Å². The lowest BCUT2D eigenvalue weighted by Crippen LogP contribution is -2.49. The van der Waals surface area contributed by atoms with Gasteiger partial charge in [0, 0.05) is 19.1 Å². The highest BCUT2D eigenvalue weighted by Gasteiger charge is 2.29. The Kier molecular flexibility index (Phi) is 4.49. The number of carbonyl (C=O) groups excluding carboxylic acids is 1. The molecule has 2 rings (SSSR count). The molecule has 1 amide bonds. The Morgan fingerprint density at radius 2 is 2.20 bits per heavy atom. The van der Waals surface area contributed by atoms with Gasteiger partial charge in [-0.2, -0.15) is 0 Å². The van der Waals surface area contributed by atoms with Crippen molar-refractivity contribution >= 4 is 15.9 Å². The molecule has 1 aliphatic heterocycles. The van der Waals surface area contributed by atoms with Gasteiger partial charge in [-0.15, -0.1) is 0 Å². The van der Waals surface area contributed by atoms with Gasteiger partial charge in [0.25, 0.3) is 5.91 Å². The van der Waals surface area contributed by atoms with Crippen molar-refractivity contribution in [3.8, 4) is 0 Å². The standard InChI is InChI=1S/C13H20N2O4S/c1-10-6-7-12(19-10)13(16)15-8-4-3-5-11(15)9-14-20(2,17)18/h6-7,11,14H,3-5,8-9H2,1-2H3/t11-/m1/s1. The van der Waals surface area contributed by atoms with Crippen LogP contribution in [-0.4, -0.2) is 44.6 Å². The summed E-state index contributed by atoms with van der Waals surface area (Å²) in [5.41, 5.74) is 0. The zero-order chi connectivity index (χ0) is 14.8. The Labute approximate surface area is 119 Å². The molecule has 0 saturated carbocycles. The maximum Gasteiger partial charge on any atom is 0.289 e. The first kappa shape index (κ1) is 15.1. The second-order valence-electron chi connectivity index (χ2n) is 5.18. The van der Waals surface area contributed by atoms with E-state index in [0.29, 0.717) is 18.1 Å². The predicted octanol–water partition coefficient (Wildman–Crippen LogP) is 1.13. The van der Waals surface area contributed by atoms with Crippen molar-refractivity contribution in [3.05, 3.63) is 23.7 Å². The van der Waals surface area contributed by atoms with E-state index in [2.05, 4.69) is 4.72 Å². The summed E-state index contributed by atoms with van der Waals surface area (Å²) < 4.78 is 30.2. The Hall–Kier alpha value is -1.34. The number of likely N-dealkylation sites (tertiary alicyclic amines) is 1. The van der Waals surface area contributed by atoms with Crippen molar-refractivity contribution < 1.29 is 17.6 Å². The van der Waals surface area contributed by atoms with Crippen LogP contribution in [0.25, 0.3) is 0 Å². The minimum absolute atomic E-state index is 0.114. The number of furan rings is 1. The number of nitrogens with one attached hydrogen (secondary N) is 1. The normalized spacial score (nSPS) is 20.1. The quantitative estimate of drug-likeness (QED) is 0.904. The molecule has 0 spiro atoms. The Bertz CT molecular complexity index is 579. The van der Waals surface area contributed by atoms with Crippen LogP contribution in [-0.2, 0) is 10.0 Å². The van der Waals surface area contributed by atoms with E-state index in [1.54, 1.807) is 24.0 Å². The fourth-order valence-electron chi connectivity index (χ4n) is 2.42. The van der Waals surface area contributed by atoms with Gasteiger partial charge in [0.05, 0.1) is 6.26 Å². The van der Waals surface area contributed by atoms with Gasteiger partial charge in [0.1, 0.15) is 5.76 Å². The molecule has 0 aromatic carbocycles. The van der Waals surface area contributed by atoms with Gasteiger partial charge in [-0.1, -0.05) is 0 Å². The fraction of sp³-hybridized carbons (Fsp3) is 0.615. The molecule has 7 heteroatoms. The predicted molar refractivity (Wildman–Crippen MR) is 75.0 cm³/mol. The van der Waals surface area contributed by atoms with Gasteiger partial charge in [-0.05, 0) is 38.3 Å². The number of hydrogen-bond donors (Lipinski definition) is 1. The van der Waals surface area contributed by atoms with Gasteiger partial charge in [0.15, 0.2) is 5.76 Å². The van der Waals surface area contributed by atoms with E-state index in [1.807, 2.05) is 0 Å².